The zero-order valence-electron chi connectivity index (χ0n) is 6.41. The topological polar surface area (TPSA) is 12.0 Å². The van der Waals surface area contributed by atoms with Crippen LogP contribution in [0.25, 0.3) is 0 Å². The van der Waals surface area contributed by atoms with E-state index in [1.165, 1.54) is 26.2 Å². The van der Waals surface area contributed by atoms with Gasteiger partial charge in [0.25, 0.3) is 0 Å². The summed E-state index contributed by atoms with van der Waals surface area (Å²) in [4.78, 5) is 2.93. The molecule has 2 heterocycles. The molecule has 1 aromatic rings. The zero-order valence-corrected chi connectivity index (χ0v) is 8.81. The molecule has 0 bridgehead atoms. The molecule has 0 amide bonds. The van der Waals surface area contributed by atoms with Crippen LogP contribution in [0.2, 0.25) is 0 Å². The number of thiophene rings is 1. The number of hydrogen-bond acceptors (Lipinski definition) is 2. The molecule has 11 heavy (non-hydrogen) atoms. The number of hydrogen-bond donors (Lipinski definition) is 1. The van der Waals surface area contributed by atoms with E-state index in [0.29, 0.717) is 0 Å². The number of aryl methyl sites for hydroxylation is 1. The fourth-order valence-electron chi connectivity index (χ4n) is 1.43. The Kier molecular flexibility index (Phi) is 2.04. The van der Waals surface area contributed by atoms with Gasteiger partial charge in [0.15, 0.2) is 0 Å². The predicted molar refractivity (Wildman–Crippen MR) is 52.2 cm³/mol. The third-order valence-corrected chi connectivity index (χ3v) is 4.51. The van der Waals surface area contributed by atoms with Gasteiger partial charge in [-0.05, 0) is 41.4 Å². The van der Waals surface area contributed by atoms with E-state index in [1.54, 1.807) is 0 Å². The minimum Gasteiger partial charge on any atom is -0.312 e. The van der Waals surface area contributed by atoms with E-state index < -0.39 is 0 Å². The SMILES string of the molecule is Cc1sc2c(c1Br)CCNC2. The summed E-state index contributed by atoms with van der Waals surface area (Å²) in [6.45, 7) is 4.36. The molecule has 0 fully saturated rings. The van der Waals surface area contributed by atoms with E-state index in [0.717, 1.165) is 13.1 Å². The first-order chi connectivity index (χ1) is 5.29. The van der Waals surface area contributed by atoms with Crippen molar-refractivity contribution in [2.75, 3.05) is 6.54 Å². The molecule has 1 N–H and O–H groups in total. The maximum atomic E-state index is 3.62. The molecule has 60 valence electrons. The molecule has 2 rings (SSSR count). The summed E-state index contributed by atoms with van der Waals surface area (Å²) >= 11 is 5.53. The minimum atomic E-state index is 1.06. The van der Waals surface area contributed by atoms with Crippen molar-refractivity contribution in [3.05, 3.63) is 19.8 Å². The summed E-state index contributed by atoms with van der Waals surface area (Å²) in [7, 11) is 0. The molecule has 0 radical (unpaired) electrons. The number of nitrogens with one attached hydrogen (secondary N) is 1. The third kappa shape index (κ3) is 1.25. The van der Waals surface area contributed by atoms with Crippen molar-refractivity contribution < 1.29 is 0 Å². The van der Waals surface area contributed by atoms with E-state index in [9.17, 15) is 0 Å². The Morgan fingerprint density at radius 1 is 1.55 bits per heavy atom. The first-order valence-corrected chi connectivity index (χ1v) is 5.37. The monoisotopic (exact) mass is 231 g/mol. The van der Waals surface area contributed by atoms with Crippen LogP contribution in [0.15, 0.2) is 4.47 Å². The molecule has 1 aliphatic heterocycles. The summed E-state index contributed by atoms with van der Waals surface area (Å²) in [5, 5.41) is 3.37. The van der Waals surface area contributed by atoms with Gasteiger partial charge < -0.3 is 5.32 Å². The summed E-state index contributed by atoms with van der Waals surface area (Å²) < 4.78 is 1.35. The highest BCUT2D eigenvalue weighted by Gasteiger charge is 2.15. The highest BCUT2D eigenvalue weighted by atomic mass is 79.9. The number of fused-ring (bicyclic) bond motifs is 1. The van der Waals surface area contributed by atoms with Gasteiger partial charge in [0.05, 0.1) is 0 Å². The van der Waals surface area contributed by atoms with Gasteiger partial charge in [-0.1, -0.05) is 0 Å². The second-order valence-electron chi connectivity index (χ2n) is 2.80. The Morgan fingerprint density at radius 3 is 3.09 bits per heavy atom. The molecular formula is C8H10BrNS. The van der Waals surface area contributed by atoms with Crippen LogP contribution in [0.4, 0.5) is 0 Å². The lowest BCUT2D eigenvalue weighted by Gasteiger charge is -2.12. The van der Waals surface area contributed by atoms with E-state index in [4.69, 9.17) is 0 Å². The van der Waals surface area contributed by atoms with Crippen molar-refractivity contribution in [3.63, 3.8) is 0 Å². The van der Waals surface area contributed by atoms with Crippen LogP contribution < -0.4 is 5.32 Å². The largest absolute Gasteiger partial charge is 0.312 e. The molecule has 0 aliphatic carbocycles. The highest BCUT2D eigenvalue weighted by Crippen LogP contribution is 2.34. The molecule has 1 nitrogen and oxygen atoms in total. The number of rotatable bonds is 0. The Morgan fingerprint density at radius 2 is 2.36 bits per heavy atom. The molecule has 1 aliphatic rings. The average Bonchev–Trinajstić information content (AvgIpc) is 2.30. The Labute approximate surface area is 78.9 Å². The Bertz CT molecular complexity index is 280. The van der Waals surface area contributed by atoms with Gasteiger partial charge >= 0.3 is 0 Å². The van der Waals surface area contributed by atoms with Crippen LogP contribution >= 0.6 is 27.3 Å². The van der Waals surface area contributed by atoms with Crippen LogP contribution in [-0.4, -0.2) is 6.54 Å². The maximum absolute atomic E-state index is 3.62. The fourth-order valence-corrected chi connectivity index (χ4v) is 3.33. The average molecular weight is 232 g/mol. The van der Waals surface area contributed by atoms with Gasteiger partial charge in [-0.2, -0.15) is 0 Å². The van der Waals surface area contributed by atoms with Crippen molar-refractivity contribution >= 4 is 27.3 Å². The molecule has 1 aromatic heterocycles. The van der Waals surface area contributed by atoms with Crippen LogP contribution in [0.1, 0.15) is 15.3 Å². The first-order valence-electron chi connectivity index (χ1n) is 3.76. The van der Waals surface area contributed by atoms with Crippen molar-refractivity contribution in [2.45, 2.75) is 19.9 Å². The Balaban J connectivity index is 2.50. The fraction of sp³-hybridized carbons (Fsp3) is 0.500. The highest BCUT2D eigenvalue weighted by molar-refractivity contribution is 9.10. The van der Waals surface area contributed by atoms with Gasteiger partial charge in [0.1, 0.15) is 0 Å². The standard InChI is InChI=1S/C8H10BrNS/c1-5-8(9)6-2-3-10-4-7(6)11-5/h10H,2-4H2,1H3. The van der Waals surface area contributed by atoms with Crippen molar-refractivity contribution in [3.8, 4) is 0 Å². The van der Waals surface area contributed by atoms with E-state index in [2.05, 4.69) is 28.2 Å². The molecule has 0 spiro atoms. The van der Waals surface area contributed by atoms with E-state index in [1.807, 2.05) is 11.3 Å². The van der Waals surface area contributed by atoms with E-state index >= 15 is 0 Å². The Hall–Kier alpha value is 0.140. The van der Waals surface area contributed by atoms with Gasteiger partial charge in [0, 0.05) is 20.8 Å². The normalized spacial score (nSPS) is 16.5. The second kappa shape index (κ2) is 2.88. The summed E-state index contributed by atoms with van der Waals surface area (Å²) in [5.41, 5.74) is 1.53. The van der Waals surface area contributed by atoms with Gasteiger partial charge in [-0.25, -0.2) is 0 Å². The first kappa shape index (κ1) is 7.77. The van der Waals surface area contributed by atoms with Crippen molar-refractivity contribution in [1.29, 1.82) is 0 Å². The molecular weight excluding hydrogens is 222 g/mol. The van der Waals surface area contributed by atoms with Crippen molar-refractivity contribution in [1.82, 2.24) is 5.32 Å². The van der Waals surface area contributed by atoms with Crippen molar-refractivity contribution in [2.24, 2.45) is 0 Å². The molecule has 0 saturated heterocycles. The quantitative estimate of drug-likeness (QED) is 0.724. The third-order valence-electron chi connectivity index (χ3n) is 2.02. The summed E-state index contributed by atoms with van der Waals surface area (Å²) in [6.07, 6.45) is 1.18. The van der Waals surface area contributed by atoms with E-state index in [-0.39, 0.29) is 0 Å². The van der Waals surface area contributed by atoms with Crippen LogP contribution in [0.5, 0.6) is 0 Å². The summed E-state index contributed by atoms with van der Waals surface area (Å²) in [6, 6.07) is 0. The lowest BCUT2D eigenvalue weighted by molar-refractivity contribution is 0.653. The van der Waals surface area contributed by atoms with Crippen LogP contribution in [0.3, 0.4) is 0 Å². The lowest BCUT2D eigenvalue weighted by atomic mass is 10.1. The molecule has 0 aromatic carbocycles. The zero-order chi connectivity index (χ0) is 7.84. The number of halogens is 1. The second-order valence-corrected chi connectivity index (χ2v) is 4.90. The van der Waals surface area contributed by atoms with Gasteiger partial charge in [-0.15, -0.1) is 11.3 Å². The van der Waals surface area contributed by atoms with Gasteiger partial charge in [0.2, 0.25) is 0 Å². The lowest BCUT2D eigenvalue weighted by Crippen LogP contribution is -2.21. The predicted octanol–water partition coefficient (Wildman–Crippen LogP) is 2.46. The summed E-state index contributed by atoms with van der Waals surface area (Å²) in [5.74, 6) is 0. The smallest absolute Gasteiger partial charge is 0.0347 e. The molecule has 0 atom stereocenters. The minimum absolute atomic E-state index is 1.06. The van der Waals surface area contributed by atoms with Crippen LogP contribution in [-0.2, 0) is 13.0 Å². The molecule has 3 heteroatoms. The molecule has 0 saturated carbocycles. The molecule has 0 unspecified atom stereocenters. The van der Waals surface area contributed by atoms with Gasteiger partial charge in [-0.3, -0.25) is 0 Å². The van der Waals surface area contributed by atoms with Crippen LogP contribution in [0, 0.1) is 6.92 Å². The maximum Gasteiger partial charge on any atom is 0.0347 e.